The largest absolute Gasteiger partial charge is 0.464 e. The van der Waals surface area contributed by atoms with Gasteiger partial charge in [0, 0.05) is 0 Å². The molecular formula is C13H11F3N6O3S. The van der Waals surface area contributed by atoms with Crippen LogP contribution in [-0.4, -0.2) is 34.6 Å². The summed E-state index contributed by atoms with van der Waals surface area (Å²) in [7, 11) is -4.52. The summed E-state index contributed by atoms with van der Waals surface area (Å²) in [6, 6.07) is 2.71. The van der Waals surface area contributed by atoms with Gasteiger partial charge in [-0.1, -0.05) is 6.07 Å². The van der Waals surface area contributed by atoms with E-state index in [1.807, 2.05) is 4.72 Å². The van der Waals surface area contributed by atoms with E-state index in [9.17, 15) is 21.6 Å². The molecule has 0 spiro atoms. The second-order valence-corrected chi connectivity index (χ2v) is 6.21. The van der Waals surface area contributed by atoms with Gasteiger partial charge in [-0.3, -0.25) is 4.72 Å². The first-order valence-electron chi connectivity index (χ1n) is 7.09. The number of halogens is 3. The average molecular weight is 388 g/mol. The molecule has 0 atom stereocenters. The second-order valence-electron chi connectivity index (χ2n) is 4.80. The molecule has 2 heterocycles. The van der Waals surface area contributed by atoms with Crippen LogP contribution in [0.2, 0.25) is 0 Å². The Hall–Kier alpha value is -3.09. The van der Waals surface area contributed by atoms with Gasteiger partial charge in [-0.2, -0.15) is 17.9 Å². The highest BCUT2D eigenvalue weighted by Crippen LogP contribution is 2.20. The van der Waals surface area contributed by atoms with Gasteiger partial charge in [0.05, 0.1) is 12.8 Å². The Kier molecular flexibility index (Phi) is 4.54. The Labute approximate surface area is 145 Å². The molecule has 1 aromatic carbocycles. The van der Waals surface area contributed by atoms with Gasteiger partial charge in [-0.15, -0.1) is 5.10 Å². The molecule has 9 nitrogen and oxygen atoms in total. The molecule has 2 N–H and O–H groups in total. The Morgan fingerprint density at radius 1 is 1.15 bits per heavy atom. The van der Waals surface area contributed by atoms with Gasteiger partial charge in [0.15, 0.2) is 11.5 Å². The number of rotatable bonds is 6. The molecular weight excluding hydrogens is 377 g/mol. The third-order valence-electron chi connectivity index (χ3n) is 2.99. The van der Waals surface area contributed by atoms with Crippen molar-refractivity contribution in [2.45, 2.75) is 6.92 Å². The van der Waals surface area contributed by atoms with Crippen LogP contribution in [0, 0.1) is 17.5 Å². The quantitative estimate of drug-likeness (QED) is 0.665. The molecule has 0 bridgehead atoms. The van der Waals surface area contributed by atoms with E-state index in [0.717, 1.165) is 28.9 Å². The van der Waals surface area contributed by atoms with E-state index >= 15 is 0 Å². The minimum atomic E-state index is -4.52. The van der Waals surface area contributed by atoms with Crippen LogP contribution in [0.5, 0.6) is 6.01 Å². The van der Waals surface area contributed by atoms with Gasteiger partial charge in [0.1, 0.15) is 17.3 Å². The maximum atomic E-state index is 13.8. The zero-order chi connectivity index (χ0) is 18.9. The molecule has 2 aromatic heterocycles. The van der Waals surface area contributed by atoms with Gasteiger partial charge < -0.3 is 4.74 Å². The van der Waals surface area contributed by atoms with Crippen LogP contribution in [0.4, 0.5) is 24.8 Å². The summed E-state index contributed by atoms with van der Waals surface area (Å²) >= 11 is 0. The average Bonchev–Trinajstić information content (AvgIpc) is 2.98. The first-order chi connectivity index (χ1) is 12.3. The van der Waals surface area contributed by atoms with Crippen molar-refractivity contribution in [1.29, 1.82) is 0 Å². The molecule has 0 radical (unpaired) electrons. The molecule has 138 valence electrons. The third kappa shape index (κ3) is 3.46. The second kappa shape index (κ2) is 6.67. The number of benzene rings is 1. The van der Waals surface area contributed by atoms with Crippen molar-refractivity contribution in [3.63, 3.8) is 0 Å². The van der Waals surface area contributed by atoms with E-state index in [0.29, 0.717) is 0 Å². The fourth-order valence-electron chi connectivity index (χ4n) is 1.97. The number of para-hydroxylation sites is 1. The van der Waals surface area contributed by atoms with Crippen molar-refractivity contribution in [1.82, 2.24) is 19.6 Å². The van der Waals surface area contributed by atoms with Crippen LogP contribution in [-0.2, 0) is 10.2 Å². The van der Waals surface area contributed by atoms with Crippen LogP contribution >= 0.6 is 0 Å². The first kappa shape index (κ1) is 17.7. The molecule has 0 aliphatic rings. The number of nitrogens with one attached hydrogen (secondary N) is 2. The monoisotopic (exact) mass is 388 g/mol. The third-order valence-corrected chi connectivity index (χ3v) is 3.91. The molecule has 13 heteroatoms. The van der Waals surface area contributed by atoms with Crippen LogP contribution in [0.1, 0.15) is 6.92 Å². The van der Waals surface area contributed by atoms with Crippen molar-refractivity contribution in [2.24, 2.45) is 0 Å². The lowest BCUT2D eigenvalue weighted by molar-refractivity contribution is 0.301. The van der Waals surface area contributed by atoms with Crippen molar-refractivity contribution >= 4 is 27.5 Å². The molecule has 26 heavy (non-hydrogen) atoms. The van der Waals surface area contributed by atoms with E-state index in [2.05, 4.69) is 15.1 Å². The summed E-state index contributed by atoms with van der Waals surface area (Å²) in [5.41, 5.74) is -1.23. The summed E-state index contributed by atoms with van der Waals surface area (Å²) in [5.74, 6) is -3.67. The highest BCUT2D eigenvalue weighted by Gasteiger charge is 2.20. The highest BCUT2D eigenvalue weighted by atomic mass is 32.2. The number of hydrogen-bond acceptors (Lipinski definition) is 6. The number of hydrogen-bond donors (Lipinski definition) is 2. The molecule has 0 aliphatic carbocycles. The lowest BCUT2D eigenvalue weighted by Crippen LogP contribution is -2.23. The number of nitrogens with zero attached hydrogens (tertiary/aromatic N) is 4. The Morgan fingerprint density at radius 3 is 2.50 bits per heavy atom. The van der Waals surface area contributed by atoms with Gasteiger partial charge in [0.2, 0.25) is 0 Å². The fourth-order valence-corrected chi connectivity index (χ4v) is 2.81. The van der Waals surface area contributed by atoms with E-state index in [-0.39, 0.29) is 18.3 Å². The first-order valence-corrected chi connectivity index (χ1v) is 8.57. The molecule has 0 amide bonds. The summed E-state index contributed by atoms with van der Waals surface area (Å²) < 4.78 is 74.5. The van der Waals surface area contributed by atoms with Gasteiger partial charge in [-0.25, -0.2) is 22.9 Å². The van der Waals surface area contributed by atoms with Crippen LogP contribution in [0.15, 0.2) is 24.4 Å². The maximum Gasteiger partial charge on any atom is 0.324 e. The molecule has 0 fully saturated rings. The number of aromatic nitrogens is 4. The van der Waals surface area contributed by atoms with E-state index in [1.165, 1.54) is 0 Å². The maximum absolute atomic E-state index is 13.8. The Morgan fingerprint density at radius 2 is 1.85 bits per heavy atom. The van der Waals surface area contributed by atoms with Crippen molar-refractivity contribution in [3.8, 4) is 6.01 Å². The minimum absolute atomic E-state index is 0.116. The molecule has 3 rings (SSSR count). The number of fused-ring (bicyclic) bond motifs is 1. The topological polar surface area (TPSA) is 111 Å². The van der Waals surface area contributed by atoms with Gasteiger partial charge >= 0.3 is 16.2 Å². The zero-order valence-electron chi connectivity index (χ0n) is 13.1. The van der Waals surface area contributed by atoms with Crippen LogP contribution in [0.3, 0.4) is 0 Å². The van der Waals surface area contributed by atoms with Crippen LogP contribution in [0.25, 0.3) is 5.65 Å². The van der Waals surface area contributed by atoms with E-state index < -0.39 is 39.3 Å². The molecule has 0 saturated carbocycles. The van der Waals surface area contributed by atoms with Gasteiger partial charge in [0.25, 0.3) is 5.95 Å². The fraction of sp³-hybridized carbons (Fsp3) is 0.154. The number of ether oxygens (including phenoxy) is 1. The van der Waals surface area contributed by atoms with E-state index in [1.54, 1.807) is 11.6 Å². The summed E-state index contributed by atoms with van der Waals surface area (Å²) in [4.78, 5) is 7.33. The van der Waals surface area contributed by atoms with Crippen molar-refractivity contribution in [3.05, 3.63) is 41.8 Å². The molecule has 0 unspecified atom stereocenters. The molecule has 0 saturated heterocycles. The smallest absolute Gasteiger partial charge is 0.324 e. The SMILES string of the molecule is CCOc1ncc(F)c2nc(NS(=O)(=O)Nc3c(F)cccc3F)nn12. The van der Waals surface area contributed by atoms with Gasteiger partial charge in [-0.05, 0) is 19.1 Å². The van der Waals surface area contributed by atoms with Crippen molar-refractivity contribution < 1.29 is 26.3 Å². The summed E-state index contributed by atoms with van der Waals surface area (Å²) in [6.45, 7) is 1.85. The molecule has 0 aliphatic heterocycles. The molecule has 3 aromatic rings. The lowest BCUT2D eigenvalue weighted by Gasteiger charge is -2.09. The lowest BCUT2D eigenvalue weighted by atomic mass is 10.3. The van der Waals surface area contributed by atoms with Crippen LogP contribution < -0.4 is 14.2 Å². The van der Waals surface area contributed by atoms with E-state index in [4.69, 9.17) is 4.74 Å². The Balaban J connectivity index is 1.93. The predicted octanol–water partition coefficient (Wildman–Crippen LogP) is 1.71. The Bertz CT molecular complexity index is 1050. The minimum Gasteiger partial charge on any atom is -0.464 e. The highest BCUT2D eigenvalue weighted by molar-refractivity contribution is 7.94. The summed E-state index contributed by atoms with van der Waals surface area (Å²) in [6.07, 6.45) is 0.834. The predicted molar refractivity (Wildman–Crippen MR) is 84.4 cm³/mol. The standard InChI is InChI=1S/C13H11F3N6O3S/c1-2-25-13-17-6-9(16)11-18-12(19-22(11)13)21-26(23,24)20-10-7(14)4-3-5-8(10)15/h3-6,20H,2H2,1H3,(H,19,21). The summed E-state index contributed by atoms with van der Waals surface area (Å²) in [5, 5.41) is 3.72. The zero-order valence-corrected chi connectivity index (χ0v) is 13.9. The normalized spacial score (nSPS) is 11.5. The number of anilines is 2. The van der Waals surface area contributed by atoms with Crippen molar-refractivity contribution in [2.75, 3.05) is 16.1 Å².